The third kappa shape index (κ3) is 4.22. The van der Waals surface area contributed by atoms with Gasteiger partial charge >= 0.3 is 0 Å². The average molecular weight is 142 g/mol. The van der Waals surface area contributed by atoms with Crippen LogP contribution in [0, 0.1) is 0 Å². The van der Waals surface area contributed by atoms with E-state index in [-0.39, 0.29) is 0 Å². The number of alkyl halides is 1. The predicted molar refractivity (Wildman–Crippen MR) is 28.6 cm³/mol. The second kappa shape index (κ2) is 4.22. The number of rotatable bonds is 2. The van der Waals surface area contributed by atoms with Crippen LogP contribution >= 0.6 is 15.9 Å². The van der Waals surface area contributed by atoms with Gasteiger partial charge in [0.25, 0.3) is 0 Å². The minimum Gasteiger partial charge on any atom is -0.103 e. The molecule has 5 heavy (non-hydrogen) atoms. The van der Waals surface area contributed by atoms with Crippen molar-refractivity contribution >= 4 is 15.9 Å². The number of hydrogen-bond donors (Lipinski definition) is 0. The van der Waals surface area contributed by atoms with E-state index in [0.717, 1.165) is 0 Å². The van der Waals surface area contributed by atoms with Crippen molar-refractivity contribution in [3.63, 3.8) is 0 Å². The largest absolute Gasteiger partial charge is 0.103 e. The first-order valence-electron chi connectivity index (χ1n) is 4.44. The van der Waals surface area contributed by atoms with Crippen molar-refractivity contribution in [2.45, 2.75) is 6.37 Å². The van der Waals surface area contributed by atoms with Gasteiger partial charge in [-0.3, -0.25) is 0 Å². The molecule has 30 valence electrons. The summed E-state index contributed by atoms with van der Waals surface area (Å²) in [5.74, 6) is 0. The molecule has 0 aliphatic heterocycles. The van der Waals surface area contributed by atoms with Crippen molar-refractivity contribution in [2.75, 3.05) is 5.28 Å². The third-order valence-corrected chi connectivity index (χ3v) is 0.308. The highest BCUT2D eigenvalue weighted by molar-refractivity contribution is 9.09. The van der Waals surface area contributed by atoms with Crippen LogP contribution in [0.5, 0.6) is 0 Å². The Bertz CT molecular complexity index is 198. The fourth-order valence-corrected chi connectivity index (χ4v) is 0.123. The standard InChI is InChI=1S/C4H7Br/c1-2-3-4-5/h2H,1,3-4H2/i1D2,2D,3D2,4D2. The van der Waals surface area contributed by atoms with Gasteiger partial charge in [0.2, 0.25) is 0 Å². The summed E-state index contributed by atoms with van der Waals surface area (Å²) in [6, 6.07) is -0.982. The Balaban J connectivity index is 5.01. The normalized spacial score (nSPS) is 32.6. The van der Waals surface area contributed by atoms with Crippen LogP contribution in [0.25, 0.3) is 0 Å². The molecule has 0 spiro atoms. The third-order valence-electron chi connectivity index (χ3n) is 0.110. The lowest BCUT2D eigenvalue weighted by Gasteiger charge is -1.71. The lowest BCUT2D eigenvalue weighted by molar-refractivity contribution is 1.27. The fourth-order valence-electron chi connectivity index (χ4n) is 0.0236. The first-order chi connectivity index (χ1) is 5.10. The highest BCUT2D eigenvalue weighted by Crippen LogP contribution is 1.84. The molecule has 0 aromatic rings. The lowest BCUT2D eigenvalue weighted by atomic mass is 10.5. The Hall–Kier alpha value is 0.220. The van der Waals surface area contributed by atoms with Crippen LogP contribution in [0.1, 0.15) is 16.0 Å². The van der Waals surface area contributed by atoms with Crippen LogP contribution in [0.4, 0.5) is 0 Å². The molecule has 0 aliphatic rings. The van der Waals surface area contributed by atoms with Gasteiger partial charge in [0.05, 0.1) is 4.11 Å². The van der Waals surface area contributed by atoms with E-state index in [2.05, 4.69) is 15.9 Å². The maximum absolute atomic E-state index is 7.07. The number of hydrogen-bond acceptors (Lipinski definition) is 0. The van der Waals surface area contributed by atoms with Crippen LogP contribution < -0.4 is 0 Å². The second-order valence-electron chi connectivity index (χ2n) is 0.344. The van der Waals surface area contributed by atoms with Gasteiger partial charge in [0, 0.05) is 10.8 Å². The molecule has 0 aliphatic carbocycles. The van der Waals surface area contributed by atoms with Gasteiger partial charge in [-0.15, -0.1) is 6.53 Å². The zero-order valence-corrected chi connectivity index (χ0v) is 3.96. The van der Waals surface area contributed by atoms with Crippen LogP contribution in [-0.4, -0.2) is 5.28 Å². The molecular formula is C4H7Br. The molecule has 0 rings (SSSR count). The van der Waals surface area contributed by atoms with Gasteiger partial charge in [-0.05, 0) is 6.37 Å². The highest BCUT2D eigenvalue weighted by Gasteiger charge is 1.63. The molecule has 0 N–H and O–H groups in total. The van der Waals surface area contributed by atoms with Crippen LogP contribution in [0.3, 0.4) is 0 Å². The Kier molecular flexibility index (Phi) is 0.623. The van der Waals surface area contributed by atoms with Gasteiger partial charge in [0.1, 0.15) is 0 Å². The van der Waals surface area contributed by atoms with Crippen molar-refractivity contribution in [3.8, 4) is 0 Å². The van der Waals surface area contributed by atoms with E-state index < -0.39 is 24.2 Å². The predicted octanol–water partition coefficient (Wildman–Crippen LogP) is 1.96. The van der Waals surface area contributed by atoms with E-state index >= 15 is 0 Å². The molecular weight excluding hydrogens is 128 g/mol. The summed E-state index contributed by atoms with van der Waals surface area (Å²) in [5.41, 5.74) is 0. The van der Waals surface area contributed by atoms with Crippen molar-refractivity contribution in [2.24, 2.45) is 0 Å². The van der Waals surface area contributed by atoms with Crippen molar-refractivity contribution in [3.05, 3.63) is 12.6 Å². The molecule has 0 aromatic heterocycles. The van der Waals surface area contributed by atoms with Crippen LogP contribution in [0.2, 0.25) is 0 Å². The monoisotopic (exact) mass is 141 g/mol. The molecule has 0 atom stereocenters. The van der Waals surface area contributed by atoms with E-state index in [9.17, 15) is 0 Å². The van der Waals surface area contributed by atoms with E-state index in [1.165, 1.54) is 0 Å². The molecule has 0 unspecified atom stereocenters. The Morgan fingerprint density at radius 2 is 3.40 bits per heavy atom. The lowest BCUT2D eigenvalue weighted by Crippen LogP contribution is -1.58. The minimum absolute atomic E-state index is 0.982. The highest BCUT2D eigenvalue weighted by atomic mass is 79.9. The summed E-state index contributed by atoms with van der Waals surface area (Å²) in [4.78, 5) is 0. The Morgan fingerprint density at radius 1 is 2.60 bits per heavy atom. The molecule has 0 saturated heterocycles. The first kappa shape index (κ1) is 0.738. The van der Waals surface area contributed by atoms with E-state index in [1.807, 2.05) is 0 Å². The Labute approximate surface area is 50.8 Å². The van der Waals surface area contributed by atoms with E-state index in [0.29, 0.717) is 0 Å². The zero-order valence-electron chi connectivity index (χ0n) is 9.38. The van der Waals surface area contributed by atoms with Gasteiger partial charge in [-0.2, -0.15) is 0 Å². The van der Waals surface area contributed by atoms with E-state index in [4.69, 9.17) is 9.60 Å². The molecule has 0 fully saturated rings. The minimum atomic E-state index is -2.66. The summed E-state index contributed by atoms with van der Waals surface area (Å²) >= 11 is 2.41. The smallest absolute Gasteiger partial charge is 0.0570 e. The van der Waals surface area contributed by atoms with Crippen LogP contribution in [0.15, 0.2) is 12.6 Å². The molecule has 1 heteroatoms. The zero-order chi connectivity index (χ0) is 10.2. The van der Waals surface area contributed by atoms with Crippen LogP contribution in [-0.2, 0) is 0 Å². The van der Waals surface area contributed by atoms with Crippen molar-refractivity contribution in [1.82, 2.24) is 0 Å². The maximum Gasteiger partial charge on any atom is 0.0570 e. The molecule has 0 saturated carbocycles. The quantitative estimate of drug-likeness (QED) is 0.408. The van der Waals surface area contributed by atoms with Crippen molar-refractivity contribution in [1.29, 1.82) is 0 Å². The maximum atomic E-state index is 7.07. The fraction of sp³-hybridized carbons (Fsp3) is 0.500. The topological polar surface area (TPSA) is 0 Å². The summed E-state index contributed by atoms with van der Waals surface area (Å²) in [6.45, 7) is -1.02. The molecule has 0 aromatic carbocycles. The average Bonchev–Trinajstić information content (AvgIpc) is 1.83. The van der Waals surface area contributed by atoms with Gasteiger partial charge in [-0.25, -0.2) is 0 Å². The summed E-state index contributed by atoms with van der Waals surface area (Å²) in [5, 5.41) is -2.44. The van der Waals surface area contributed by atoms with Gasteiger partial charge < -0.3 is 0 Å². The summed E-state index contributed by atoms with van der Waals surface area (Å²) < 4.78 is 48.3. The Morgan fingerprint density at radius 3 is 3.60 bits per heavy atom. The molecule has 0 bridgehead atoms. The van der Waals surface area contributed by atoms with E-state index in [1.54, 1.807) is 0 Å². The summed E-state index contributed by atoms with van der Waals surface area (Å²) in [6.07, 6.45) is -2.66. The first-order valence-corrected chi connectivity index (χ1v) is 1.73. The molecule has 0 nitrogen and oxygen atoms in total. The van der Waals surface area contributed by atoms with Gasteiger partial charge in [-0.1, -0.05) is 22.0 Å². The molecule has 0 radical (unpaired) electrons. The van der Waals surface area contributed by atoms with Crippen molar-refractivity contribution < 1.29 is 9.60 Å². The van der Waals surface area contributed by atoms with Gasteiger partial charge in [0.15, 0.2) is 0 Å². The number of halogens is 1. The number of allylic oxidation sites excluding steroid dienone is 1. The summed E-state index contributed by atoms with van der Waals surface area (Å²) in [7, 11) is 0. The molecule has 0 amide bonds. The SMILES string of the molecule is [2H]C([2H])=C([2H])C([2H])([2H])C([2H])([2H])Br. The molecule has 0 heterocycles. The second-order valence-corrected chi connectivity index (χ2v) is 0.741.